The topological polar surface area (TPSA) is 56.0 Å². The van der Waals surface area contributed by atoms with Crippen molar-refractivity contribution in [3.63, 3.8) is 0 Å². The molecule has 2 atom stereocenters. The van der Waals surface area contributed by atoms with Crippen molar-refractivity contribution in [3.8, 4) is 0 Å². The molecule has 1 aromatic heterocycles. The third-order valence-corrected chi connectivity index (χ3v) is 4.15. The molecule has 1 heterocycles. The van der Waals surface area contributed by atoms with Gasteiger partial charge in [0.15, 0.2) is 5.78 Å². The van der Waals surface area contributed by atoms with Crippen LogP contribution in [-0.4, -0.2) is 16.3 Å². The van der Waals surface area contributed by atoms with Crippen LogP contribution in [0.2, 0.25) is 0 Å². The summed E-state index contributed by atoms with van der Waals surface area (Å²) in [6.45, 7) is 2.18. The molecule has 1 saturated carbocycles. The highest BCUT2D eigenvalue weighted by Gasteiger charge is 2.37. The van der Waals surface area contributed by atoms with Gasteiger partial charge in [-0.2, -0.15) is 0 Å². The second-order valence-corrected chi connectivity index (χ2v) is 6.38. The molecule has 1 aliphatic carbocycles. The van der Waals surface area contributed by atoms with Crippen molar-refractivity contribution in [1.29, 1.82) is 0 Å². The van der Waals surface area contributed by atoms with Crippen LogP contribution < -0.4 is 5.73 Å². The molecule has 3 nitrogen and oxygen atoms in total. The Morgan fingerprint density at radius 3 is 3.06 bits per heavy atom. The van der Waals surface area contributed by atoms with E-state index in [2.05, 4.69) is 27.8 Å². The lowest BCUT2D eigenvalue weighted by molar-refractivity contribution is -0.125. The van der Waals surface area contributed by atoms with E-state index in [0.29, 0.717) is 12.3 Å². The van der Waals surface area contributed by atoms with Crippen molar-refractivity contribution in [2.45, 2.75) is 44.6 Å². The van der Waals surface area contributed by atoms with E-state index in [1.54, 1.807) is 12.4 Å². The van der Waals surface area contributed by atoms with Crippen LogP contribution >= 0.6 is 15.9 Å². The third-order valence-electron chi connectivity index (χ3n) is 3.71. The van der Waals surface area contributed by atoms with Gasteiger partial charge < -0.3 is 5.73 Å². The molecule has 0 aromatic carbocycles. The van der Waals surface area contributed by atoms with E-state index in [0.717, 1.165) is 29.3 Å². The zero-order valence-corrected chi connectivity index (χ0v) is 12.2. The summed E-state index contributed by atoms with van der Waals surface area (Å²) in [5.41, 5.74) is 6.60. The van der Waals surface area contributed by atoms with Gasteiger partial charge in [0.25, 0.3) is 0 Å². The molecule has 4 heteroatoms. The Morgan fingerprint density at radius 2 is 2.39 bits per heavy atom. The number of nitrogens with two attached hydrogens (primary N) is 1. The maximum atomic E-state index is 12.4. The Hall–Kier alpha value is -0.740. The quantitative estimate of drug-likeness (QED) is 0.934. The molecule has 0 saturated heterocycles. The number of hydrogen-bond donors (Lipinski definition) is 1. The van der Waals surface area contributed by atoms with Crippen LogP contribution in [0, 0.1) is 5.92 Å². The van der Waals surface area contributed by atoms with Gasteiger partial charge in [0.2, 0.25) is 0 Å². The first-order chi connectivity index (χ1) is 8.49. The van der Waals surface area contributed by atoms with Crippen molar-refractivity contribution in [2.24, 2.45) is 11.7 Å². The Bertz CT molecular complexity index is 449. The largest absolute Gasteiger partial charge is 0.319 e. The first-order valence-corrected chi connectivity index (χ1v) is 7.20. The minimum atomic E-state index is -0.625. The highest BCUT2D eigenvalue weighted by Crippen LogP contribution is 2.31. The molecule has 2 unspecified atom stereocenters. The maximum Gasteiger partial charge on any atom is 0.157 e. The fourth-order valence-electron chi connectivity index (χ4n) is 2.76. The number of Topliss-reactive ketones (excluding diaryl/α,β-unsaturated/α-hetero) is 1. The number of ketones is 1. The zero-order chi connectivity index (χ0) is 13.2. The fourth-order valence-corrected chi connectivity index (χ4v) is 3.17. The number of pyridine rings is 1. The van der Waals surface area contributed by atoms with Crippen molar-refractivity contribution in [2.75, 3.05) is 0 Å². The lowest BCUT2D eigenvalue weighted by Crippen LogP contribution is -2.51. The van der Waals surface area contributed by atoms with Crippen LogP contribution in [0.4, 0.5) is 0 Å². The molecule has 1 aliphatic rings. The molecule has 0 radical (unpaired) electrons. The molecule has 18 heavy (non-hydrogen) atoms. The summed E-state index contributed by atoms with van der Waals surface area (Å²) in [5, 5.41) is 0. The lowest BCUT2D eigenvalue weighted by atomic mass is 9.73. The molecule has 0 amide bonds. The molecule has 1 aromatic rings. The smallest absolute Gasteiger partial charge is 0.157 e. The predicted octanol–water partition coefficient (Wildman–Crippen LogP) is 2.86. The van der Waals surface area contributed by atoms with Gasteiger partial charge in [0.05, 0.1) is 5.54 Å². The van der Waals surface area contributed by atoms with E-state index in [4.69, 9.17) is 5.73 Å². The minimum absolute atomic E-state index is 0.147. The van der Waals surface area contributed by atoms with E-state index in [1.807, 2.05) is 6.07 Å². The maximum absolute atomic E-state index is 12.4. The zero-order valence-electron chi connectivity index (χ0n) is 10.7. The fraction of sp³-hybridized carbons (Fsp3) is 0.571. The number of rotatable bonds is 3. The van der Waals surface area contributed by atoms with Crippen LogP contribution in [0.15, 0.2) is 22.9 Å². The molecular formula is C14H19BrN2O. The van der Waals surface area contributed by atoms with Gasteiger partial charge in [0.1, 0.15) is 0 Å². The summed E-state index contributed by atoms with van der Waals surface area (Å²) in [6, 6.07) is 1.93. The van der Waals surface area contributed by atoms with Gasteiger partial charge in [-0.15, -0.1) is 0 Å². The molecule has 0 spiro atoms. The summed E-state index contributed by atoms with van der Waals surface area (Å²) < 4.78 is 0.899. The van der Waals surface area contributed by atoms with Crippen molar-refractivity contribution in [1.82, 2.24) is 4.98 Å². The Labute approximate surface area is 116 Å². The molecule has 1 fully saturated rings. The summed E-state index contributed by atoms with van der Waals surface area (Å²) in [5.74, 6) is 0.697. The monoisotopic (exact) mass is 310 g/mol. The van der Waals surface area contributed by atoms with Crippen molar-refractivity contribution >= 4 is 21.7 Å². The number of carbonyl (C=O) groups is 1. The Kier molecular flexibility index (Phi) is 4.17. The average molecular weight is 311 g/mol. The number of carbonyl (C=O) groups excluding carboxylic acids is 1. The normalized spacial score (nSPS) is 28.1. The van der Waals surface area contributed by atoms with E-state index in [1.165, 1.54) is 6.42 Å². The lowest BCUT2D eigenvalue weighted by Gasteiger charge is -2.35. The van der Waals surface area contributed by atoms with Crippen LogP contribution in [0.3, 0.4) is 0 Å². The SMILES string of the molecule is CC1CCCC(N)(C(=O)Cc2cncc(Br)c2)C1. The van der Waals surface area contributed by atoms with Gasteiger partial charge in [-0.1, -0.05) is 19.8 Å². The average Bonchev–Trinajstić information content (AvgIpc) is 2.28. The Morgan fingerprint density at radius 1 is 1.61 bits per heavy atom. The summed E-state index contributed by atoms with van der Waals surface area (Å²) in [7, 11) is 0. The molecular weight excluding hydrogens is 292 g/mol. The van der Waals surface area contributed by atoms with Crippen LogP contribution in [0.1, 0.15) is 38.2 Å². The standard InChI is InChI=1S/C14H19BrN2O/c1-10-3-2-4-14(16,7-10)13(18)6-11-5-12(15)9-17-8-11/h5,8-10H,2-4,6-7,16H2,1H3. The number of aromatic nitrogens is 1. The van der Waals surface area contributed by atoms with E-state index >= 15 is 0 Å². The summed E-state index contributed by atoms with van der Waals surface area (Å²) in [4.78, 5) is 16.5. The van der Waals surface area contributed by atoms with Crippen LogP contribution in [0.25, 0.3) is 0 Å². The minimum Gasteiger partial charge on any atom is -0.319 e. The van der Waals surface area contributed by atoms with Crippen LogP contribution in [0.5, 0.6) is 0 Å². The predicted molar refractivity (Wildman–Crippen MR) is 75.2 cm³/mol. The first kappa shape index (κ1) is 13.7. The molecule has 2 N–H and O–H groups in total. The van der Waals surface area contributed by atoms with Gasteiger partial charge in [-0.3, -0.25) is 9.78 Å². The third kappa shape index (κ3) is 3.18. The highest BCUT2D eigenvalue weighted by atomic mass is 79.9. The summed E-state index contributed by atoms with van der Waals surface area (Å²) in [6.07, 6.45) is 7.71. The molecule has 0 aliphatic heterocycles. The Balaban J connectivity index is 2.07. The van der Waals surface area contributed by atoms with Crippen molar-refractivity contribution in [3.05, 3.63) is 28.5 Å². The molecule has 2 rings (SSSR count). The van der Waals surface area contributed by atoms with Gasteiger partial charge in [-0.25, -0.2) is 0 Å². The van der Waals surface area contributed by atoms with E-state index in [-0.39, 0.29) is 5.78 Å². The number of nitrogens with zero attached hydrogens (tertiary/aromatic N) is 1. The van der Waals surface area contributed by atoms with Crippen LogP contribution in [-0.2, 0) is 11.2 Å². The van der Waals surface area contributed by atoms with Gasteiger partial charge in [0, 0.05) is 23.3 Å². The van der Waals surface area contributed by atoms with E-state index in [9.17, 15) is 4.79 Å². The number of halogens is 1. The molecule has 0 bridgehead atoms. The molecule has 98 valence electrons. The second kappa shape index (κ2) is 5.49. The van der Waals surface area contributed by atoms with Gasteiger partial charge >= 0.3 is 0 Å². The van der Waals surface area contributed by atoms with Gasteiger partial charge in [-0.05, 0) is 46.3 Å². The highest BCUT2D eigenvalue weighted by molar-refractivity contribution is 9.10. The summed E-state index contributed by atoms with van der Waals surface area (Å²) >= 11 is 3.37. The van der Waals surface area contributed by atoms with E-state index < -0.39 is 5.54 Å². The van der Waals surface area contributed by atoms with Crippen molar-refractivity contribution < 1.29 is 4.79 Å². The first-order valence-electron chi connectivity index (χ1n) is 6.41. The second-order valence-electron chi connectivity index (χ2n) is 5.47. The number of hydrogen-bond acceptors (Lipinski definition) is 3.